The van der Waals surface area contributed by atoms with Crippen LogP contribution in [0.4, 0.5) is 4.79 Å². The van der Waals surface area contributed by atoms with E-state index >= 15 is 0 Å². The summed E-state index contributed by atoms with van der Waals surface area (Å²) in [6, 6.07) is -0.277. The van der Waals surface area contributed by atoms with Gasteiger partial charge in [-0.05, 0) is 48.0 Å². The molecule has 2 aliphatic heterocycles. The summed E-state index contributed by atoms with van der Waals surface area (Å²) in [5.41, 5.74) is -1.37. The number of nitrogens with zero attached hydrogens (tertiary/aromatic N) is 1. The molecule has 2 amide bonds. The van der Waals surface area contributed by atoms with Crippen LogP contribution in [0.2, 0.25) is 0 Å². The van der Waals surface area contributed by atoms with Gasteiger partial charge in [-0.3, -0.25) is 9.69 Å². The number of carbonyl (C=O) groups is 2. The Morgan fingerprint density at radius 2 is 2.00 bits per heavy atom. The zero-order chi connectivity index (χ0) is 18.1. The highest BCUT2D eigenvalue weighted by atomic mass is 16.6. The lowest BCUT2D eigenvalue weighted by Gasteiger charge is -2.35. The topological polar surface area (TPSA) is 77.1 Å². The molecule has 0 aromatic rings. The first kappa shape index (κ1) is 19.0. The third-order valence-electron chi connectivity index (χ3n) is 4.30. The number of carbonyl (C=O) groups excluding carboxylic acids is 2. The number of hydrogen-bond acceptors (Lipinski definition) is 5. The van der Waals surface area contributed by atoms with Crippen LogP contribution in [0.15, 0.2) is 0 Å². The molecule has 0 saturated carbocycles. The summed E-state index contributed by atoms with van der Waals surface area (Å²) in [4.78, 5) is 26.4. The van der Waals surface area contributed by atoms with Gasteiger partial charge in [0, 0.05) is 13.2 Å². The average molecular weight is 342 g/mol. The van der Waals surface area contributed by atoms with Crippen molar-refractivity contribution < 1.29 is 23.8 Å². The summed E-state index contributed by atoms with van der Waals surface area (Å²) < 4.78 is 16.7. The minimum absolute atomic E-state index is 0.0338. The highest BCUT2D eigenvalue weighted by Gasteiger charge is 2.49. The maximum absolute atomic E-state index is 12.6. The van der Waals surface area contributed by atoms with Gasteiger partial charge >= 0.3 is 6.09 Å². The maximum Gasteiger partial charge on any atom is 0.412 e. The minimum Gasteiger partial charge on any atom is -0.444 e. The van der Waals surface area contributed by atoms with E-state index in [2.05, 4.69) is 5.32 Å². The molecule has 7 nitrogen and oxygen atoms in total. The van der Waals surface area contributed by atoms with Crippen LogP contribution in [0.25, 0.3) is 0 Å². The normalized spacial score (nSPS) is 29.6. The largest absolute Gasteiger partial charge is 0.444 e. The smallest absolute Gasteiger partial charge is 0.412 e. The first-order chi connectivity index (χ1) is 11.0. The van der Waals surface area contributed by atoms with Gasteiger partial charge in [-0.1, -0.05) is 0 Å². The lowest BCUT2D eigenvalue weighted by atomic mass is 10.1. The SMILES string of the molecule is C[C@@H]1OC(C)(C)N(C(=O)OC(C)(C)C)[C@@H]1CNC(=O)[C@@H]1CCOC1. The third-order valence-corrected chi connectivity index (χ3v) is 4.30. The predicted molar refractivity (Wildman–Crippen MR) is 88.4 cm³/mol. The van der Waals surface area contributed by atoms with Gasteiger partial charge in [-0.2, -0.15) is 0 Å². The van der Waals surface area contributed by atoms with Crippen molar-refractivity contribution in [2.45, 2.75) is 71.4 Å². The summed E-state index contributed by atoms with van der Waals surface area (Å²) in [6.45, 7) is 12.5. The van der Waals surface area contributed by atoms with Crippen molar-refractivity contribution in [2.75, 3.05) is 19.8 Å². The molecule has 0 aromatic carbocycles. The van der Waals surface area contributed by atoms with Gasteiger partial charge < -0.3 is 19.5 Å². The van der Waals surface area contributed by atoms with Gasteiger partial charge in [0.05, 0.1) is 24.7 Å². The second-order valence-corrected chi connectivity index (χ2v) is 7.99. The van der Waals surface area contributed by atoms with Gasteiger partial charge in [0.1, 0.15) is 11.3 Å². The molecule has 2 fully saturated rings. The molecule has 2 rings (SSSR count). The van der Waals surface area contributed by atoms with Crippen molar-refractivity contribution in [3.63, 3.8) is 0 Å². The fraction of sp³-hybridized carbons (Fsp3) is 0.882. The van der Waals surface area contributed by atoms with E-state index in [9.17, 15) is 9.59 Å². The molecular weight excluding hydrogens is 312 g/mol. The molecule has 7 heteroatoms. The number of hydrogen-bond donors (Lipinski definition) is 1. The molecule has 0 bridgehead atoms. The second-order valence-electron chi connectivity index (χ2n) is 7.99. The molecule has 0 aromatic heterocycles. The van der Waals surface area contributed by atoms with Crippen LogP contribution in [0.5, 0.6) is 0 Å². The van der Waals surface area contributed by atoms with E-state index in [1.807, 2.05) is 41.5 Å². The van der Waals surface area contributed by atoms with E-state index in [0.717, 1.165) is 6.42 Å². The van der Waals surface area contributed by atoms with Crippen LogP contribution in [-0.4, -0.2) is 60.1 Å². The highest BCUT2D eigenvalue weighted by Crippen LogP contribution is 2.33. The van der Waals surface area contributed by atoms with E-state index in [-0.39, 0.29) is 24.0 Å². The monoisotopic (exact) mass is 342 g/mol. The van der Waals surface area contributed by atoms with Crippen LogP contribution < -0.4 is 5.32 Å². The lowest BCUT2D eigenvalue weighted by molar-refractivity contribution is -0.125. The molecule has 1 N–H and O–H groups in total. The Morgan fingerprint density at radius 3 is 2.54 bits per heavy atom. The van der Waals surface area contributed by atoms with Crippen molar-refractivity contribution in [2.24, 2.45) is 5.92 Å². The fourth-order valence-corrected chi connectivity index (χ4v) is 3.21. The van der Waals surface area contributed by atoms with Gasteiger partial charge in [-0.25, -0.2) is 4.79 Å². The van der Waals surface area contributed by atoms with Crippen molar-refractivity contribution in [3.8, 4) is 0 Å². The van der Waals surface area contributed by atoms with Crippen molar-refractivity contribution in [1.29, 1.82) is 0 Å². The van der Waals surface area contributed by atoms with Gasteiger partial charge in [0.2, 0.25) is 5.91 Å². The third kappa shape index (κ3) is 4.39. The summed E-state index contributed by atoms with van der Waals surface area (Å²) in [5.74, 6) is -0.140. The quantitative estimate of drug-likeness (QED) is 0.848. The predicted octanol–water partition coefficient (Wildman–Crippen LogP) is 1.90. The number of ether oxygens (including phenoxy) is 3. The lowest BCUT2D eigenvalue weighted by Crippen LogP contribution is -2.54. The zero-order valence-electron chi connectivity index (χ0n) is 15.5. The molecule has 0 unspecified atom stereocenters. The van der Waals surface area contributed by atoms with E-state index < -0.39 is 17.4 Å². The Balaban J connectivity index is 2.04. The number of amides is 2. The Kier molecular flexibility index (Phi) is 5.44. The summed E-state index contributed by atoms with van der Waals surface area (Å²) in [6.07, 6.45) is 0.108. The van der Waals surface area contributed by atoms with Crippen LogP contribution in [0.1, 0.15) is 48.0 Å². The molecule has 2 saturated heterocycles. The molecule has 24 heavy (non-hydrogen) atoms. The summed E-state index contributed by atoms with van der Waals surface area (Å²) >= 11 is 0. The molecule has 0 radical (unpaired) electrons. The fourth-order valence-electron chi connectivity index (χ4n) is 3.21. The Morgan fingerprint density at radius 1 is 1.33 bits per heavy atom. The van der Waals surface area contributed by atoms with Crippen molar-refractivity contribution in [1.82, 2.24) is 10.2 Å². The number of nitrogens with one attached hydrogen (secondary N) is 1. The minimum atomic E-state index is -0.784. The van der Waals surface area contributed by atoms with Crippen LogP contribution in [-0.2, 0) is 19.0 Å². The van der Waals surface area contributed by atoms with Crippen molar-refractivity contribution in [3.05, 3.63) is 0 Å². The van der Waals surface area contributed by atoms with Crippen LogP contribution in [0.3, 0.4) is 0 Å². The molecule has 2 aliphatic rings. The summed E-state index contributed by atoms with van der Waals surface area (Å²) in [5, 5.41) is 2.93. The molecule has 138 valence electrons. The van der Waals surface area contributed by atoms with E-state index in [4.69, 9.17) is 14.2 Å². The first-order valence-electron chi connectivity index (χ1n) is 8.57. The van der Waals surface area contributed by atoms with Crippen LogP contribution >= 0.6 is 0 Å². The Hall–Kier alpha value is -1.34. The van der Waals surface area contributed by atoms with Crippen LogP contribution in [0, 0.1) is 5.92 Å². The summed E-state index contributed by atoms with van der Waals surface area (Å²) in [7, 11) is 0. The van der Waals surface area contributed by atoms with Gasteiger partial charge in [-0.15, -0.1) is 0 Å². The molecule has 0 aliphatic carbocycles. The molecular formula is C17H30N2O5. The second kappa shape index (κ2) is 6.88. The van der Waals surface area contributed by atoms with E-state index in [0.29, 0.717) is 19.8 Å². The Bertz CT molecular complexity index is 480. The van der Waals surface area contributed by atoms with E-state index in [1.165, 1.54) is 0 Å². The highest BCUT2D eigenvalue weighted by molar-refractivity contribution is 5.79. The molecule has 2 heterocycles. The van der Waals surface area contributed by atoms with Gasteiger partial charge in [0.15, 0.2) is 0 Å². The van der Waals surface area contributed by atoms with E-state index in [1.54, 1.807) is 4.90 Å². The van der Waals surface area contributed by atoms with Crippen molar-refractivity contribution >= 4 is 12.0 Å². The number of rotatable bonds is 3. The molecule has 3 atom stereocenters. The molecule has 0 spiro atoms. The first-order valence-corrected chi connectivity index (χ1v) is 8.57. The standard InChI is InChI=1S/C17H30N2O5/c1-11-13(9-18-14(20)12-7-8-22-10-12)19(17(5,6)23-11)15(21)24-16(2,3)4/h11-13H,7-10H2,1-6H3,(H,18,20)/t11-,12+,13+/m0/s1. The average Bonchev–Trinajstić information content (AvgIpc) is 2.99. The zero-order valence-corrected chi connectivity index (χ0v) is 15.5. The maximum atomic E-state index is 12.6. The Labute approximate surface area is 144 Å². The van der Waals surface area contributed by atoms with Gasteiger partial charge in [0.25, 0.3) is 0 Å².